The highest BCUT2D eigenvalue weighted by Crippen LogP contribution is 1.98. The van der Waals surface area contributed by atoms with Gasteiger partial charge in [0, 0.05) is 6.42 Å². The molecular weight excluding hydrogens is 114 g/mol. The van der Waals surface area contributed by atoms with E-state index >= 15 is 0 Å². The molecule has 0 unspecified atom stereocenters. The molecule has 46 valence electrons. The van der Waals surface area contributed by atoms with E-state index in [0.29, 0.717) is 6.08 Å². The molecule has 0 aromatic heterocycles. The van der Waals surface area contributed by atoms with Gasteiger partial charge in [0.2, 0.25) is 0 Å². The van der Waals surface area contributed by atoms with E-state index in [1.54, 1.807) is 0 Å². The second-order valence-electron chi connectivity index (χ2n) is 1.40. The maximum Gasteiger partial charge on any atom is 0.266 e. The molecule has 0 radical (unpaired) electrons. The van der Waals surface area contributed by atoms with Crippen LogP contribution in [-0.2, 0) is 4.79 Å². The Kier molecular flexibility index (Phi) is 2.99. The lowest BCUT2D eigenvalue weighted by atomic mass is 10.3. The Labute approximate surface area is 46.0 Å². The molecule has 0 aliphatic rings. The third-order valence-electron chi connectivity index (χ3n) is 0.544. The van der Waals surface area contributed by atoms with Gasteiger partial charge in [0.1, 0.15) is 5.78 Å². The van der Waals surface area contributed by atoms with Crippen LogP contribution in [0.3, 0.4) is 0 Å². The zero-order chi connectivity index (χ0) is 6.57. The first-order valence-electron chi connectivity index (χ1n) is 2.13. The second-order valence-corrected chi connectivity index (χ2v) is 1.40. The highest BCUT2D eigenvalue weighted by molar-refractivity contribution is 5.76. The monoisotopic (exact) mass is 120 g/mol. The first-order valence-corrected chi connectivity index (χ1v) is 2.13. The molecule has 0 rings (SSSR count). The maximum atomic E-state index is 11.1. The predicted octanol–water partition coefficient (Wildman–Crippen LogP) is 1.75. The number of halogens is 2. The quantitative estimate of drug-likeness (QED) is 0.542. The van der Waals surface area contributed by atoms with E-state index in [0.717, 1.165) is 0 Å². The molecule has 0 aliphatic heterocycles. The van der Waals surface area contributed by atoms with Crippen LogP contribution in [0.2, 0.25) is 0 Å². The first kappa shape index (κ1) is 7.27. The number of rotatable bonds is 2. The molecule has 0 N–H and O–H groups in total. The van der Waals surface area contributed by atoms with Gasteiger partial charge in [0.05, 0.1) is 0 Å². The van der Waals surface area contributed by atoms with Crippen molar-refractivity contribution in [3.63, 3.8) is 0 Å². The third-order valence-corrected chi connectivity index (χ3v) is 0.544. The summed E-state index contributed by atoms with van der Waals surface area (Å²) in [6, 6.07) is 0. The highest BCUT2D eigenvalue weighted by atomic mass is 19.3. The smallest absolute Gasteiger partial charge is 0.266 e. The number of hydrogen-bond acceptors (Lipinski definition) is 1. The van der Waals surface area contributed by atoms with Crippen molar-refractivity contribution < 1.29 is 13.6 Å². The van der Waals surface area contributed by atoms with Crippen molar-refractivity contribution in [3.05, 3.63) is 12.2 Å². The third kappa shape index (κ3) is 5.27. The minimum Gasteiger partial charge on any atom is -0.300 e. The lowest BCUT2D eigenvalue weighted by Gasteiger charge is -1.79. The van der Waals surface area contributed by atoms with Crippen molar-refractivity contribution in [2.45, 2.75) is 13.3 Å². The van der Waals surface area contributed by atoms with Gasteiger partial charge in [-0.25, -0.2) is 0 Å². The van der Waals surface area contributed by atoms with Crippen molar-refractivity contribution >= 4 is 5.78 Å². The normalized spacial score (nSPS) is 8.38. The van der Waals surface area contributed by atoms with Gasteiger partial charge in [0.25, 0.3) is 6.08 Å². The van der Waals surface area contributed by atoms with Crippen LogP contribution in [-0.4, -0.2) is 5.78 Å². The van der Waals surface area contributed by atoms with Crippen molar-refractivity contribution in [2.24, 2.45) is 0 Å². The SMILES string of the molecule is CC(=O)CC=C(F)F. The Morgan fingerprint density at radius 1 is 1.62 bits per heavy atom. The van der Waals surface area contributed by atoms with Crippen LogP contribution in [0.5, 0.6) is 0 Å². The van der Waals surface area contributed by atoms with E-state index in [1.165, 1.54) is 6.92 Å². The van der Waals surface area contributed by atoms with Crippen molar-refractivity contribution in [3.8, 4) is 0 Å². The molecule has 8 heavy (non-hydrogen) atoms. The van der Waals surface area contributed by atoms with Crippen molar-refractivity contribution in [1.29, 1.82) is 0 Å². The summed E-state index contributed by atoms with van der Waals surface area (Å²) in [4.78, 5) is 9.97. The Morgan fingerprint density at radius 2 is 2.12 bits per heavy atom. The second kappa shape index (κ2) is 3.29. The Balaban J connectivity index is 3.45. The minimum absolute atomic E-state index is 0.164. The summed E-state index contributed by atoms with van der Waals surface area (Å²) in [5.41, 5.74) is 0. The molecule has 3 heteroatoms. The molecule has 0 heterocycles. The fourth-order valence-corrected chi connectivity index (χ4v) is 0.221. The van der Waals surface area contributed by atoms with Gasteiger partial charge >= 0.3 is 0 Å². The predicted molar refractivity (Wildman–Crippen MR) is 25.6 cm³/mol. The van der Waals surface area contributed by atoms with Crippen LogP contribution in [0.15, 0.2) is 12.2 Å². The van der Waals surface area contributed by atoms with E-state index in [4.69, 9.17) is 0 Å². The van der Waals surface area contributed by atoms with Crippen LogP contribution in [0.4, 0.5) is 8.78 Å². The number of allylic oxidation sites excluding steroid dienone is 1. The van der Waals surface area contributed by atoms with Gasteiger partial charge in [-0.1, -0.05) is 0 Å². The van der Waals surface area contributed by atoms with E-state index in [9.17, 15) is 13.6 Å². The Bertz CT molecular complexity index is 114. The molecule has 0 saturated carbocycles. The molecule has 0 atom stereocenters. The molecule has 1 nitrogen and oxygen atoms in total. The number of carbonyl (C=O) groups excluding carboxylic acids is 1. The van der Waals surface area contributed by atoms with Gasteiger partial charge < -0.3 is 0 Å². The summed E-state index contributed by atoms with van der Waals surface area (Å²) in [6.07, 6.45) is -1.36. The number of Topliss-reactive ketones (excluding diaryl/α,β-unsaturated/α-hetero) is 1. The van der Waals surface area contributed by atoms with Gasteiger partial charge in [-0.05, 0) is 13.0 Å². The van der Waals surface area contributed by atoms with Gasteiger partial charge in [-0.2, -0.15) is 8.78 Å². The Hall–Kier alpha value is -0.730. The average Bonchev–Trinajstić information content (AvgIpc) is 1.61. The molecule has 0 spiro atoms. The van der Waals surface area contributed by atoms with Crippen LogP contribution in [0, 0.1) is 0 Å². The van der Waals surface area contributed by atoms with Gasteiger partial charge in [-0.3, -0.25) is 4.79 Å². The molecule has 0 aromatic rings. The molecular formula is C5H6F2O. The summed E-state index contributed by atoms with van der Waals surface area (Å²) in [5.74, 6) is -0.252. The fraction of sp³-hybridized carbons (Fsp3) is 0.400. The zero-order valence-electron chi connectivity index (χ0n) is 4.45. The highest BCUT2D eigenvalue weighted by Gasteiger charge is 1.90. The largest absolute Gasteiger partial charge is 0.300 e. The topological polar surface area (TPSA) is 17.1 Å². The van der Waals surface area contributed by atoms with Crippen LogP contribution < -0.4 is 0 Å². The minimum atomic E-state index is -1.79. The van der Waals surface area contributed by atoms with Crippen LogP contribution >= 0.6 is 0 Å². The van der Waals surface area contributed by atoms with E-state index in [2.05, 4.69) is 0 Å². The summed E-state index contributed by atoms with van der Waals surface area (Å²) in [6.45, 7) is 1.26. The van der Waals surface area contributed by atoms with Crippen molar-refractivity contribution in [2.75, 3.05) is 0 Å². The molecule has 0 amide bonds. The van der Waals surface area contributed by atoms with Crippen LogP contribution in [0.25, 0.3) is 0 Å². The standard InChI is InChI=1S/C5H6F2O/c1-4(8)2-3-5(6)7/h3H,2H2,1H3. The van der Waals surface area contributed by atoms with E-state index in [-0.39, 0.29) is 12.2 Å². The number of hydrogen-bond donors (Lipinski definition) is 0. The molecule has 0 aromatic carbocycles. The van der Waals surface area contributed by atoms with E-state index < -0.39 is 6.08 Å². The lowest BCUT2D eigenvalue weighted by Crippen LogP contribution is -1.83. The number of carbonyl (C=O) groups is 1. The first-order chi connectivity index (χ1) is 3.63. The molecule has 0 saturated heterocycles. The fourth-order valence-electron chi connectivity index (χ4n) is 0.221. The lowest BCUT2D eigenvalue weighted by molar-refractivity contribution is -0.116. The zero-order valence-corrected chi connectivity index (χ0v) is 4.45. The van der Waals surface area contributed by atoms with Crippen LogP contribution in [0.1, 0.15) is 13.3 Å². The van der Waals surface area contributed by atoms with Gasteiger partial charge in [0.15, 0.2) is 0 Å². The molecule has 0 aliphatic carbocycles. The average molecular weight is 120 g/mol. The summed E-state index contributed by atoms with van der Waals surface area (Å²) >= 11 is 0. The summed E-state index contributed by atoms with van der Waals surface area (Å²) < 4.78 is 22.2. The van der Waals surface area contributed by atoms with Gasteiger partial charge in [-0.15, -0.1) is 0 Å². The number of ketones is 1. The van der Waals surface area contributed by atoms with E-state index in [1.807, 2.05) is 0 Å². The summed E-state index contributed by atoms with van der Waals surface area (Å²) in [7, 11) is 0. The summed E-state index contributed by atoms with van der Waals surface area (Å²) in [5, 5.41) is 0. The Morgan fingerprint density at radius 3 is 2.25 bits per heavy atom. The van der Waals surface area contributed by atoms with Crippen molar-refractivity contribution in [1.82, 2.24) is 0 Å². The molecule has 0 fully saturated rings. The maximum absolute atomic E-state index is 11.1. The molecule has 0 bridgehead atoms.